The molecule has 2 N–H and O–H groups in total. The fourth-order valence-corrected chi connectivity index (χ4v) is 4.45. The fraction of sp³-hybridized carbons (Fsp3) is 0.471. The minimum atomic E-state index is -1.54. The lowest BCUT2D eigenvalue weighted by atomic mass is 9.75. The molecule has 0 aliphatic carbocycles. The van der Waals surface area contributed by atoms with E-state index in [4.69, 9.17) is 0 Å². The van der Waals surface area contributed by atoms with Crippen molar-refractivity contribution < 1.29 is 10.0 Å². The van der Waals surface area contributed by atoms with Gasteiger partial charge in [-0.15, -0.1) is 0 Å². The Labute approximate surface area is 226 Å². The molecule has 0 saturated heterocycles. The van der Waals surface area contributed by atoms with E-state index in [0.717, 1.165) is 22.3 Å². The molecule has 37 heavy (non-hydrogen) atoms. The third kappa shape index (κ3) is 6.95. The van der Waals surface area contributed by atoms with Gasteiger partial charge in [-0.05, 0) is 77.7 Å². The second-order valence-corrected chi connectivity index (χ2v) is 14.8. The topological polar surface area (TPSA) is 40.5 Å². The van der Waals surface area contributed by atoms with Gasteiger partial charge in [0.05, 0.1) is 0 Å². The molecule has 3 aromatic carbocycles. The van der Waals surface area contributed by atoms with Crippen molar-refractivity contribution in [2.24, 2.45) is 0 Å². The average molecular weight is 499 g/mol. The van der Waals surface area contributed by atoms with Gasteiger partial charge in [-0.2, -0.15) is 0 Å². The summed E-state index contributed by atoms with van der Waals surface area (Å²) in [5, 5.41) is 20.5. The zero-order valence-corrected chi connectivity index (χ0v) is 25.2. The summed E-state index contributed by atoms with van der Waals surface area (Å²) in [6, 6.07) is 19.7. The zero-order valence-electron chi connectivity index (χ0n) is 25.2. The smallest absolute Gasteiger partial charge is 0.423 e. The molecule has 3 rings (SSSR count). The summed E-state index contributed by atoms with van der Waals surface area (Å²) in [6.07, 6.45) is 0. The van der Waals surface area contributed by atoms with Crippen LogP contribution in [0.4, 0.5) is 0 Å². The van der Waals surface area contributed by atoms with Crippen LogP contribution in [0.15, 0.2) is 54.6 Å². The summed E-state index contributed by atoms with van der Waals surface area (Å²) in [5.41, 5.74) is 9.78. The maximum Gasteiger partial charge on any atom is 0.488 e. The molecular formula is C34H47BO2. The predicted molar refractivity (Wildman–Crippen MR) is 162 cm³/mol. The van der Waals surface area contributed by atoms with Crippen LogP contribution < -0.4 is 5.46 Å². The van der Waals surface area contributed by atoms with Crippen LogP contribution in [0.1, 0.15) is 105 Å². The van der Waals surface area contributed by atoms with Crippen LogP contribution >= 0.6 is 0 Å². The third-order valence-electron chi connectivity index (χ3n) is 7.25. The Kier molecular flexibility index (Phi) is 7.70. The maximum atomic E-state index is 10.3. The Morgan fingerprint density at radius 2 is 0.622 bits per heavy atom. The molecule has 0 unspecified atom stereocenters. The van der Waals surface area contributed by atoms with E-state index in [1.807, 2.05) is 12.1 Å². The van der Waals surface area contributed by atoms with Crippen molar-refractivity contribution in [1.29, 1.82) is 0 Å². The molecule has 0 aromatic heterocycles. The summed E-state index contributed by atoms with van der Waals surface area (Å²) in [4.78, 5) is 0. The Morgan fingerprint density at radius 1 is 0.378 bits per heavy atom. The fourth-order valence-electron chi connectivity index (χ4n) is 4.45. The van der Waals surface area contributed by atoms with Gasteiger partial charge in [0.25, 0.3) is 0 Å². The van der Waals surface area contributed by atoms with E-state index >= 15 is 0 Å². The quantitative estimate of drug-likeness (QED) is 0.361. The minimum absolute atomic E-state index is 0.00437. The van der Waals surface area contributed by atoms with Crippen molar-refractivity contribution in [2.75, 3.05) is 0 Å². The summed E-state index contributed by atoms with van der Waals surface area (Å²) in [6.45, 7) is 26.9. The van der Waals surface area contributed by atoms with Gasteiger partial charge in [0, 0.05) is 0 Å². The lowest BCUT2D eigenvalue weighted by molar-refractivity contribution is 0.426. The first-order chi connectivity index (χ1) is 16.7. The van der Waals surface area contributed by atoms with E-state index in [-0.39, 0.29) is 21.7 Å². The molecule has 2 nitrogen and oxygen atoms in total. The molecule has 0 radical (unpaired) electrons. The van der Waals surface area contributed by atoms with Crippen LogP contribution in [0.25, 0.3) is 22.3 Å². The van der Waals surface area contributed by atoms with E-state index in [0.29, 0.717) is 5.46 Å². The predicted octanol–water partition coefficient (Wildman–Crippen LogP) is 7.89. The molecule has 0 bridgehead atoms. The van der Waals surface area contributed by atoms with Crippen molar-refractivity contribution in [3.63, 3.8) is 0 Å². The number of hydrogen-bond acceptors (Lipinski definition) is 2. The minimum Gasteiger partial charge on any atom is -0.423 e. The highest BCUT2D eigenvalue weighted by atomic mass is 16.4. The van der Waals surface area contributed by atoms with E-state index in [1.54, 1.807) is 0 Å². The van der Waals surface area contributed by atoms with Crippen LogP contribution in [0.2, 0.25) is 0 Å². The van der Waals surface area contributed by atoms with Crippen LogP contribution in [0, 0.1) is 0 Å². The molecule has 0 spiro atoms. The van der Waals surface area contributed by atoms with Crippen molar-refractivity contribution in [3.05, 3.63) is 76.9 Å². The molecule has 0 heterocycles. The van der Waals surface area contributed by atoms with Gasteiger partial charge in [0.1, 0.15) is 0 Å². The summed E-state index contributed by atoms with van der Waals surface area (Å²) >= 11 is 0. The molecule has 3 aromatic rings. The van der Waals surface area contributed by atoms with Crippen molar-refractivity contribution >= 4 is 12.6 Å². The first-order valence-corrected chi connectivity index (χ1v) is 13.5. The van der Waals surface area contributed by atoms with Crippen molar-refractivity contribution in [1.82, 2.24) is 0 Å². The molecule has 0 aliphatic heterocycles. The van der Waals surface area contributed by atoms with E-state index in [9.17, 15) is 10.0 Å². The first-order valence-electron chi connectivity index (χ1n) is 13.5. The number of benzene rings is 3. The van der Waals surface area contributed by atoms with Gasteiger partial charge < -0.3 is 10.0 Å². The SMILES string of the molecule is CC(C)(C)c1cc(-c2cc(B(O)O)cc(-c3cc(C(C)(C)C)cc(C(C)(C)C)c3)c2)cc(C(C)(C)C)c1. The molecule has 198 valence electrons. The van der Waals surface area contributed by atoms with Gasteiger partial charge >= 0.3 is 7.12 Å². The standard InChI is InChI=1S/C34H47BO2/c1-31(2,3)26-14-24(15-27(20-26)32(4,5)6)22-13-23(19-30(18-22)35(36)37)25-16-28(33(7,8)9)21-29(17-25)34(10,11)12/h13-21,36-37H,1-12H3. The van der Waals surface area contributed by atoms with Gasteiger partial charge in [0.2, 0.25) is 0 Å². The normalized spacial score (nSPS) is 13.1. The molecule has 0 aliphatic rings. The summed E-state index contributed by atoms with van der Waals surface area (Å²) in [7, 11) is -1.54. The summed E-state index contributed by atoms with van der Waals surface area (Å²) < 4.78 is 0. The second kappa shape index (κ2) is 9.75. The highest BCUT2D eigenvalue weighted by molar-refractivity contribution is 6.58. The Morgan fingerprint density at radius 3 is 0.838 bits per heavy atom. The van der Waals surface area contributed by atoms with Crippen molar-refractivity contribution in [3.8, 4) is 22.3 Å². The Balaban J connectivity index is 2.35. The van der Waals surface area contributed by atoms with Crippen LogP contribution in [0.5, 0.6) is 0 Å². The monoisotopic (exact) mass is 498 g/mol. The highest BCUT2D eigenvalue weighted by Crippen LogP contribution is 2.37. The lowest BCUT2D eigenvalue weighted by Crippen LogP contribution is -2.30. The lowest BCUT2D eigenvalue weighted by Gasteiger charge is -2.27. The molecular weight excluding hydrogens is 451 g/mol. The van der Waals surface area contributed by atoms with E-state index in [2.05, 4.69) is 126 Å². The van der Waals surface area contributed by atoms with Crippen LogP contribution in [-0.2, 0) is 21.7 Å². The Hall–Kier alpha value is -2.36. The third-order valence-corrected chi connectivity index (χ3v) is 7.25. The van der Waals surface area contributed by atoms with Crippen molar-refractivity contribution in [2.45, 2.75) is 105 Å². The second-order valence-electron chi connectivity index (χ2n) is 14.8. The average Bonchev–Trinajstić information content (AvgIpc) is 2.75. The molecule has 3 heteroatoms. The van der Waals surface area contributed by atoms with Gasteiger partial charge in [-0.25, -0.2) is 0 Å². The Bertz CT molecular complexity index is 1110. The number of rotatable bonds is 3. The molecule has 0 saturated carbocycles. The van der Waals surface area contributed by atoms with E-state index in [1.165, 1.54) is 22.3 Å². The molecule has 0 atom stereocenters. The molecule has 0 fully saturated rings. The van der Waals surface area contributed by atoms with Gasteiger partial charge in [-0.3, -0.25) is 0 Å². The largest absolute Gasteiger partial charge is 0.488 e. The van der Waals surface area contributed by atoms with Crippen LogP contribution in [-0.4, -0.2) is 17.2 Å². The van der Waals surface area contributed by atoms with Gasteiger partial charge in [0.15, 0.2) is 0 Å². The molecule has 0 amide bonds. The number of hydrogen-bond donors (Lipinski definition) is 2. The highest BCUT2D eigenvalue weighted by Gasteiger charge is 2.24. The van der Waals surface area contributed by atoms with E-state index < -0.39 is 7.12 Å². The van der Waals surface area contributed by atoms with Crippen LogP contribution in [0.3, 0.4) is 0 Å². The maximum absolute atomic E-state index is 10.3. The first kappa shape index (κ1) is 29.2. The summed E-state index contributed by atoms with van der Waals surface area (Å²) in [5.74, 6) is 0. The van der Waals surface area contributed by atoms with Gasteiger partial charge in [-0.1, -0.05) is 132 Å². The zero-order chi connectivity index (χ0) is 28.1.